The highest BCUT2D eigenvalue weighted by Gasteiger charge is 2.23. The van der Waals surface area contributed by atoms with E-state index in [2.05, 4.69) is 9.97 Å². The molecule has 34 heavy (non-hydrogen) atoms. The molecule has 8 nitrogen and oxygen atoms in total. The summed E-state index contributed by atoms with van der Waals surface area (Å²) in [6, 6.07) is 8.67. The van der Waals surface area contributed by atoms with Gasteiger partial charge in [0.2, 0.25) is 10.0 Å². The van der Waals surface area contributed by atoms with E-state index in [9.17, 15) is 13.2 Å². The van der Waals surface area contributed by atoms with Crippen LogP contribution in [0.1, 0.15) is 31.9 Å². The minimum absolute atomic E-state index is 0.147. The fourth-order valence-corrected chi connectivity index (χ4v) is 4.59. The van der Waals surface area contributed by atoms with Gasteiger partial charge in [-0.25, -0.2) is 22.2 Å². The molecule has 0 bridgehead atoms. The minimum atomic E-state index is -3.80. The normalized spacial score (nSPS) is 12.1. The summed E-state index contributed by atoms with van der Waals surface area (Å²) in [5.74, 6) is -0.247. The van der Waals surface area contributed by atoms with Crippen molar-refractivity contribution in [2.75, 3.05) is 12.8 Å². The molecular formula is C24H27ClN4O4S. The van der Waals surface area contributed by atoms with Crippen LogP contribution >= 0.6 is 11.6 Å². The third kappa shape index (κ3) is 6.68. The minimum Gasteiger partial charge on any atom is -0.444 e. The van der Waals surface area contributed by atoms with Gasteiger partial charge in [0.05, 0.1) is 18.0 Å². The van der Waals surface area contributed by atoms with Crippen LogP contribution in [0.4, 0.5) is 4.79 Å². The Balaban J connectivity index is 1.93. The molecule has 0 unspecified atom stereocenters. The SMILES string of the molecule is CN(Cc1cc(-c2cccnc2Cl)n(S(=O)(=O)CC=Cc2cccnc2)c1)C(=O)OC(C)(C)C. The van der Waals surface area contributed by atoms with Crippen molar-refractivity contribution in [2.24, 2.45) is 0 Å². The summed E-state index contributed by atoms with van der Waals surface area (Å²) in [5.41, 5.74) is 1.58. The van der Waals surface area contributed by atoms with Crippen LogP contribution in [0.2, 0.25) is 5.15 Å². The van der Waals surface area contributed by atoms with E-state index in [1.54, 1.807) is 76.6 Å². The molecule has 0 fully saturated rings. The molecule has 0 atom stereocenters. The van der Waals surface area contributed by atoms with Crippen LogP contribution in [0.15, 0.2) is 61.2 Å². The zero-order chi connectivity index (χ0) is 24.9. The number of halogens is 1. The quantitative estimate of drug-likeness (QED) is 0.428. The van der Waals surface area contributed by atoms with Crippen LogP contribution in [0.25, 0.3) is 17.3 Å². The van der Waals surface area contributed by atoms with Gasteiger partial charge in [0.25, 0.3) is 0 Å². The van der Waals surface area contributed by atoms with E-state index >= 15 is 0 Å². The predicted octanol–water partition coefficient (Wildman–Crippen LogP) is 4.86. The molecule has 0 radical (unpaired) electrons. The zero-order valence-electron chi connectivity index (χ0n) is 19.5. The lowest BCUT2D eigenvalue weighted by Gasteiger charge is -2.24. The number of ether oxygens (including phenoxy) is 1. The zero-order valence-corrected chi connectivity index (χ0v) is 21.0. The maximum absolute atomic E-state index is 13.3. The molecule has 0 aromatic carbocycles. The first kappa shape index (κ1) is 25.5. The van der Waals surface area contributed by atoms with E-state index in [1.165, 1.54) is 21.3 Å². The van der Waals surface area contributed by atoms with Crippen molar-refractivity contribution >= 4 is 33.8 Å². The van der Waals surface area contributed by atoms with Gasteiger partial charge in [0.1, 0.15) is 10.8 Å². The first-order chi connectivity index (χ1) is 16.0. The fraction of sp³-hybridized carbons (Fsp3) is 0.292. The lowest BCUT2D eigenvalue weighted by molar-refractivity contribution is 0.0285. The molecule has 3 aromatic heterocycles. The number of carbonyl (C=O) groups excluding carboxylic acids is 1. The topological polar surface area (TPSA) is 94.4 Å². The Morgan fingerprint density at radius 1 is 1.24 bits per heavy atom. The number of amides is 1. The van der Waals surface area contributed by atoms with Gasteiger partial charge >= 0.3 is 6.09 Å². The maximum Gasteiger partial charge on any atom is 0.410 e. The fourth-order valence-electron chi connectivity index (χ4n) is 3.13. The van der Waals surface area contributed by atoms with Gasteiger partial charge in [-0.2, -0.15) is 0 Å². The van der Waals surface area contributed by atoms with Crippen LogP contribution in [0, 0.1) is 0 Å². The van der Waals surface area contributed by atoms with Gasteiger partial charge in [-0.3, -0.25) is 4.98 Å². The Hall–Kier alpha value is -3.17. The first-order valence-electron chi connectivity index (χ1n) is 10.5. The Morgan fingerprint density at radius 3 is 2.62 bits per heavy atom. The molecule has 3 rings (SSSR count). The lowest BCUT2D eigenvalue weighted by atomic mass is 10.2. The van der Waals surface area contributed by atoms with Crippen molar-refractivity contribution in [2.45, 2.75) is 32.9 Å². The second kappa shape index (κ2) is 10.4. The maximum atomic E-state index is 13.3. The smallest absolute Gasteiger partial charge is 0.410 e. The van der Waals surface area contributed by atoms with Crippen LogP contribution in [0.3, 0.4) is 0 Å². The monoisotopic (exact) mass is 502 g/mol. The number of hydrogen-bond donors (Lipinski definition) is 0. The molecule has 10 heteroatoms. The van der Waals surface area contributed by atoms with Crippen LogP contribution in [-0.2, 0) is 21.3 Å². The molecule has 180 valence electrons. The summed E-state index contributed by atoms with van der Waals surface area (Å²) in [7, 11) is -2.21. The molecule has 0 aliphatic rings. The number of nitrogens with zero attached hydrogens (tertiary/aromatic N) is 4. The van der Waals surface area contributed by atoms with Crippen molar-refractivity contribution in [1.82, 2.24) is 18.8 Å². The lowest BCUT2D eigenvalue weighted by Crippen LogP contribution is -2.33. The average Bonchev–Trinajstić information content (AvgIpc) is 3.18. The third-order valence-corrected chi connectivity index (χ3v) is 6.42. The molecule has 0 aliphatic carbocycles. The number of rotatable bonds is 7. The van der Waals surface area contributed by atoms with Crippen molar-refractivity contribution < 1.29 is 17.9 Å². The van der Waals surface area contributed by atoms with Gasteiger partial charge in [-0.05, 0) is 56.2 Å². The summed E-state index contributed by atoms with van der Waals surface area (Å²) >= 11 is 6.28. The van der Waals surface area contributed by atoms with Crippen LogP contribution in [0.5, 0.6) is 0 Å². The number of carbonyl (C=O) groups is 1. The summed E-state index contributed by atoms with van der Waals surface area (Å²) in [6.07, 6.45) is 9.06. The predicted molar refractivity (Wildman–Crippen MR) is 133 cm³/mol. The molecule has 3 heterocycles. The van der Waals surface area contributed by atoms with Gasteiger partial charge in [0.15, 0.2) is 0 Å². The number of hydrogen-bond acceptors (Lipinski definition) is 6. The number of pyridine rings is 2. The molecule has 1 amide bonds. The molecule has 3 aromatic rings. The Kier molecular flexibility index (Phi) is 7.78. The van der Waals surface area contributed by atoms with Gasteiger partial charge < -0.3 is 9.64 Å². The molecular weight excluding hydrogens is 476 g/mol. The van der Waals surface area contributed by atoms with Crippen molar-refractivity contribution in [3.8, 4) is 11.3 Å². The van der Waals surface area contributed by atoms with E-state index in [1.807, 2.05) is 6.07 Å². The first-order valence-corrected chi connectivity index (χ1v) is 12.5. The van der Waals surface area contributed by atoms with E-state index in [0.29, 0.717) is 16.8 Å². The largest absolute Gasteiger partial charge is 0.444 e. The average molecular weight is 503 g/mol. The van der Waals surface area contributed by atoms with E-state index in [0.717, 1.165) is 5.56 Å². The molecule has 0 aliphatic heterocycles. The molecule has 0 saturated heterocycles. The summed E-state index contributed by atoms with van der Waals surface area (Å²) < 4.78 is 33.1. The molecule has 0 spiro atoms. The Labute approximate surface area is 204 Å². The van der Waals surface area contributed by atoms with Crippen molar-refractivity contribution in [1.29, 1.82) is 0 Å². The van der Waals surface area contributed by atoms with E-state index < -0.39 is 21.7 Å². The highest BCUT2D eigenvalue weighted by atomic mass is 35.5. The van der Waals surface area contributed by atoms with E-state index in [4.69, 9.17) is 16.3 Å². The van der Waals surface area contributed by atoms with Gasteiger partial charge in [-0.15, -0.1) is 0 Å². The van der Waals surface area contributed by atoms with Crippen molar-refractivity contribution in [3.63, 3.8) is 0 Å². The summed E-state index contributed by atoms with van der Waals surface area (Å²) in [5, 5.41) is 0.176. The van der Waals surface area contributed by atoms with E-state index in [-0.39, 0.29) is 17.5 Å². The van der Waals surface area contributed by atoms with Crippen LogP contribution < -0.4 is 0 Å². The van der Waals surface area contributed by atoms with Gasteiger partial charge in [-0.1, -0.05) is 29.8 Å². The standard InChI is InChI=1S/C24H27ClN4O4S/c1-24(2,3)33-23(30)28(4)16-19-14-21(20-10-6-12-27-22(20)25)29(17-19)34(31,32)13-7-9-18-8-5-11-26-15-18/h5-12,14-15,17H,13,16H2,1-4H3. The highest BCUT2D eigenvalue weighted by molar-refractivity contribution is 7.90. The van der Waals surface area contributed by atoms with Crippen molar-refractivity contribution in [3.05, 3.63) is 77.5 Å². The van der Waals surface area contributed by atoms with Gasteiger partial charge in [0, 0.05) is 37.4 Å². The Bertz CT molecular complexity index is 1280. The highest BCUT2D eigenvalue weighted by Crippen LogP contribution is 2.30. The second-order valence-corrected chi connectivity index (χ2v) is 10.9. The summed E-state index contributed by atoms with van der Waals surface area (Å²) in [6.45, 7) is 5.49. The number of aromatic nitrogens is 3. The molecule has 0 saturated carbocycles. The third-order valence-electron chi connectivity index (χ3n) is 4.60. The summed E-state index contributed by atoms with van der Waals surface area (Å²) in [4.78, 5) is 21.9. The Morgan fingerprint density at radius 2 is 1.97 bits per heavy atom. The molecule has 0 N–H and O–H groups in total. The van der Waals surface area contributed by atoms with Crippen LogP contribution in [-0.4, -0.2) is 51.8 Å². The second-order valence-electron chi connectivity index (χ2n) is 8.67.